The molecule has 0 saturated carbocycles. The van der Waals surface area contributed by atoms with Gasteiger partial charge in [-0.1, -0.05) is 44.0 Å². The van der Waals surface area contributed by atoms with Crippen molar-refractivity contribution in [2.75, 3.05) is 0 Å². The third kappa shape index (κ3) is 4.99. The summed E-state index contributed by atoms with van der Waals surface area (Å²) >= 11 is 0. The van der Waals surface area contributed by atoms with Crippen molar-refractivity contribution < 1.29 is 8.42 Å². The van der Waals surface area contributed by atoms with Gasteiger partial charge in [-0.3, -0.25) is 0 Å². The van der Waals surface area contributed by atoms with E-state index in [9.17, 15) is 8.42 Å². The molecule has 0 unspecified atom stereocenters. The average molecular weight is 279 g/mol. The van der Waals surface area contributed by atoms with Crippen LogP contribution >= 0.6 is 0 Å². The fourth-order valence-corrected chi connectivity index (χ4v) is 2.40. The molecule has 0 atom stereocenters. The van der Waals surface area contributed by atoms with Crippen LogP contribution in [0.15, 0.2) is 45.2 Å². The highest BCUT2D eigenvalue weighted by Crippen LogP contribution is 2.13. The lowest BCUT2D eigenvalue weighted by molar-refractivity contribution is 0.598. The van der Waals surface area contributed by atoms with Crippen LogP contribution in [-0.4, -0.2) is 14.6 Å². The van der Waals surface area contributed by atoms with E-state index in [1.807, 2.05) is 19.9 Å². The number of hydrogen-bond acceptors (Lipinski definition) is 2. The summed E-state index contributed by atoms with van der Waals surface area (Å²) < 4.78 is 27.8. The predicted octanol–water partition coefficient (Wildman–Crippen LogP) is 3.89. The molecule has 0 radical (unpaired) electrons. The van der Waals surface area contributed by atoms with Crippen molar-refractivity contribution in [3.05, 3.63) is 41.5 Å². The maximum absolute atomic E-state index is 12.0. The first-order valence-corrected chi connectivity index (χ1v) is 7.99. The molecule has 0 fully saturated rings. The number of sulfonamides is 1. The molecular formula is C15H21NO2S. The molecule has 0 aromatic heterocycles. The first-order chi connectivity index (χ1) is 8.99. The van der Waals surface area contributed by atoms with E-state index in [2.05, 4.69) is 11.3 Å². The van der Waals surface area contributed by atoms with Gasteiger partial charge in [0.25, 0.3) is 10.0 Å². The van der Waals surface area contributed by atoms with Crippen molar-refractivity contribution in [2.45, 2.75) is 44.9 Å². The Morgan fingerprint density at radius 1 is 1.21 bits per heavy atom. The van der Waals surface area contributed by atoms with Crippen molar-refractivity contribution in [3.8, 4) is 0 Å². The van der Waals surface area contributed by atoms with Gasteiger partial charge in [0.2, 0.25) is 0 Å². The van der Waals surface area contributed by atoms with Gasteiger partial charge in [0.1, 0.15) is 0 Å². The van der Waals surface area contributed by atoms with E-state index in [4.69, 9.17) is 0 Å². The standard InChI is InChI=1S/C15H21NO2S/c1-4-6-7-14(5-2)12-16-19(17,18)15-10-8-13(3)9-11-15/h7-12H,4-6H2,1-3H3/b14-7+,16-12+. The molecule has 0 saturated heterocycles. The second-order valence-electron chi connectivity index (χ2n) is 4.44. The number of unbranched alkanes of at least 4 members (excludes halogenated alkanes) is 1. The van der Waals surface area contributed by atoms with Crippen LogP contribution < -0.4 is 0 Å². The van der Waals surface area contributed by atoms with E-state index >= 15 is 0 Å². The molecule has 0 aliphatic heterocycles. The van der Waals surface area contributed by atoms with Gasteiger partial charge in [-0.2, -0.15) is 12.8 Å². The smallest absolute Gasteiger partial charge is 0.199 e. The fourth-order valence-electron chi connectivity index (χ4n) is 1.53. The minimum atomic E-state index is -3.58. The van der Waals surface area contributed by atoms with Crippen LogP contribution in [0.4, 0.5) is 0 Å². The van der Waals surface area contributed by atoms with Crippen molar-refractivity contribution in [1.82, 2.24) is 0 Å². The zero-order valence-corrected chi connectivity index (χ0v) is 12.6. The molecule has 0 aliphatic rings. The summed E-state index contributed by atoms with van der Waals surface area (Å²) in [5, 5.41) is 0. The third-order valence-corrected chi connectivity index (χ3v) is 4.03. The molecule has 0 bridgehead atoms. The highest BCUT2D eigenvalue weighted by molar-refractivity contribution is 7.90. The summed E-state index contributed by atoms with van der Waals surface area (Å²) in [6, 6.07) is 6.72. The summed E-state index contributed by atoms with van der Waals surface area (Å²) in [6.07, 6.45) is 6.27. The summed E-state index contributed by atoms with van der Waals surface area (Å²) in [7, 11) is -3.58. The van der Waals surface area contributed by atoms with E-state index < -0.39 is 10.0 Å². The molecule has 0 aliphatic carbocycles. The van der Waals surface area contributed by atoms with Gasteiger partial charge in [0.05, 0.1) is 4.90 Å². The first-order valence-electron chi connectivity index (χ1n) is 6.55. The quantitative estimate of drug-likeness (QED) is 0.742. The molecule has 0 N–H and O–H groups in total. The summed E-state index contributed by atoms with van der Waals surface area (Å²) in [6.45, 7) is 6.00. The van der Waals surface area contributed by atoms with Gasteiger partial charge in [0.15, 0.2) is 0 Å². The zero-order chi connectivity index (χ0) is 14.3. The highest BCUT2D eigenvalue weighted by atomic mass is 32.2. The largest absolute Gasteiger partial charge is 0.282 e. The number of benzene rings is 1. The van der Waals surface area contributed by atoms with E-state index in [1.165, 1.54) is 6.21 Å². The Bertz CT molecular complexity index is 554. The molecule has 0 spiro atoms. The van der Waals surface area contributed by atoms with Crippen LogP contribution in [-0.2, 0) is 10.0 Å². The number of hydrogen-bond donors (Lipinski definition) is 0. The Hall–Kier alpha value is -1.42. The van der Waals surface area contributed by atoms with E-state index in [0.29, 0.717) is 0 Å². The minimum absolute atomic E-state index is 0.236. The predicted molar refractivity (Wildman–Crippen MR) is 80.1 cm³/mol. The zero-order valence-electron chi connectivity index (χ0n) is 11.8. The second kappa shape index (κ2) is 7.24. The van der Waals surface area contributed by atoms with Gasteiger partial charge in [-0.05, 0) is 37.5 Å². The van der Waals surface area contributed by atoms with Crippen molar-refractivity contribution in [1.29, 1.82) is 0 Å². The van der Waals surface area contributed by atoms with Crippen LogP contribution in [0.25, 0.3) is 0 Å². The molecule has 1 rings (SSSR count). The molecule has 3 nitrogen and oxygen atoms in total. The number of allylic oxidation sites excluding steroid dienone is 2. The molecule has 1 aromatic rings. The molecule has 4 heteroatoms. The van der Waals surface area contributed by atoms with Gasteiger partial charge >= 0.3 is 0 Å². The van der Waals surface area contributed by atoms with Crippen molar-refractivity contribution >= 4 is 16.2 Å². The van der Waals surface area contributed by atoms with Gasteiger partial charge in [0, 0.05) is 6.21 Å². The SMILES string of the molecule is CCC/C=C(/C=N/S(=O)(=O)c1ccc(C)cc1)CC. The van der Waals surface area contributed by atoms with Gasteiger partial charge in [-0.25, -0.2) is 0 Å². The van der Waals surface area contributed by atoms with E-state index in [-0.39, 0.29) is 4.90 Å². The Labute approximate surface area is 116 Å². The lowest BCUT2D eigenvalue weighted by atomic mass is 10.2. The van der Waals surface area contributed by atoms with Crippen LogP contribution in [0.3, 0.4) is 0 Å². The summed E-state index contributed by atoms with van der Waals surface area (Å²) in [4.78, 5) is 0.236. The van der Waals surface area contributed by atoms with E-state index in [0.717, 1.165) is 30.4 Å². The minimum Gasteiger partial charge on any atom is -0.199 e. The molecule has 0 heterocycles. The van der Waals surface area contributed by atoms with Gasteiger partial charge < -0.3 is 0 Å². The number of rotatable bonds is 6. The van der Waals surface area contributed by atoms with Crippen molar-refractivity contribution in [3.63, 3.8) is 0 Å². The lowest BCUT2D eigenvalue weighted by Crippen LogP contribution is -1.98. The Morgan fingerprint density at radius 2 is 1.84 bits per heavy atom. The lowest BCUT2D eigenvalue weighted by Gasteiger charge is -2.00. The highest BCUT2D eigenvalue weighted by Gasteiger charge is 2.10. The average Bonchev–Trinajstić information content (AvgIpc) is 2.39. The second-order valence-corrected chi connectivity index (χ2v) is 6.08. The number of aryl methyl sites for hydroxylation is 1. The van der Waals surface area contributed by atoms with Crippen LogP contribution in [0, 0.1) is 6.92 Å². The summed E-state index contributed by atoms with van der Waals surface area (Å²) in [5.74, 6) is 0. The Morgan fingerprint density at radius 3 is 2.37 bits per heavy atom. The fraction of sp³-hybridized carbons (Fsp3) is 0.400. The number of nitrogens with zero attached hydrogens (tertiary/aromatic N) is 1. The molecule has 104 valence electrons. The normalized spacial score (nSPS) is 13.1. The van der Waals surface area contributed by atoms with Crippen molar-refractivity contribution in [2.24, 2.45) is 4.40 Å². The van der Waals surface area contributed by atoms with Gasteiger partial charge in [-0.15, -0.1) is 0 Å². The Kier molecular flexibility index (Phi) is 5.96. The Balaban J connectivity index is 2.93. The summed E-state index contributed by atoms with van der Waals surface area (Å²) in [5.41, 5.74) is 1.98. The maximum Gasteiger partial charge on any atom is 0.282 e. The molecule has 1 aromatic carbocycles. The van der Waals surface area contributed by atoms with Crippen LogP contribution in [0.1, 0.15) is 38.7 Å². The first kappa shape index (κ1) is 15.6. The van der Waals surface area contributed by atoms with E-state index in [1.54, 1.807) is 24.3 Å². The van der Waals surface area contributed by atoms with Crippen LogP contribution in [0.5, 0.6) is 0 Å². The third-order valence-electron chi connectivity index (χ3n) is 2.78. The molecule has 19 heavy (non-hydrogen) atoms. The topological polar surface area (TPSA) is 46.5 Å². The monoisotopic (exact) mass is 279 g/mol. The molecule has 0 amide bonds. The maximum atomic E-state index is 12.0. The van der Waals surface area contributed by atoms with Crippen LogP contribution in [0.2, 0.25) is 0 Å². The molecular weight excluding hydrogens is 258 g/mol.